The van der Waals surface area contributed by atoms with Crippen molar-refractivity contribution in [1.82, 2.24) is 0 Å². The molecule has 0 amide bonds. The largest absolute Gasteiger partial charge is 0.375 e. The zero-order chi connectivity index (χ0) is 14.9. The average molecular weight is 311 g/mol. The third kappa shape index (κ3) is 3.14. The molecule has 1 atom stereocenters. The Bertz CT molecular complexity index is 532. The molecule has 2 fully saturated rings. The quantitative estimate of drug-likeness (QED) is 0.734. The first kappa shape index (κ1) is 15.0. The Morgan fingerprint density at radius 2 is 2.05 bits per heavy atom. The van der Waals surface area contributed by atoms with Crippen molar-refractivity contribution in [2.75, 3.05) is 6.61 Å². The van der Waals surface area contributed by atoms with E-state index in [1.165, 1.54) is 37.5 Å². The molecule has 0 bridgehead atoms. The summed E-state index contributed by atoms with van der Waals surface area (Å²) < 4.78 is 19.3. The summed E-state index contributed by atoms with van der Waals surface area (Å²) in [5.41, 5.74) is 0.417. The van der Waals surface area contributed by atoms with Gasteiger partial charge < -0.3 is 4.74 Å². The molecular formula is C17H20ClFO2. The van der Waals surface area contributed by atoms with E-state index in [4.69, 9.17) is 16.3 Å². The highest BCUT2D eigenvalue weighted by Crippen LogP contribution is 2.41. The van der Waals surface area contributed by atoms with Crippen LogP contribution in [0.2, 0.25) is 5.02 Å². The minimum Gasteiger partial charge on any atom is -0.375 e. The Morgan fingerprint density at radius 1 is 1.29 bits per heavy atom. The van der Waals surface area contributed by atoms with Crippen LogP contribution in [-0.2, 0) is 4.74 Å². The molecule has 2 aliphatic rings. The molecule has 1 spiro atoms. The second-order valence-electron chi connectivity index (χ2n) is 6.27. The second-order valence-corrected chi connectivity index (χ2v) is 6.68. The topological polar surface area (TPSA) is 26.3 Å². The van der Waals surface area contributed by atoms with Gasteiger partial charge in [-0.3, -0.25) is 4.79 Å². The number of hydrogen-bond donors (Lipinski definition) is 0. The van der Waals surface area contributed by atoms with Gasteiger partial charge in [-0.1, -0.05) is 30.9 Å². The van der Waals surface area contributed by atoms with Crippen LogP contribution in [0.1, 0.15) is 55.3 Å². The SMILES string of the molecule is O=C(c1ccc(F)c(Cl)c1)C1CCOC2(CCCCC2)C1. The number of halogens is 2. The van der Waals surface area contributed by atoms with Crippen LogP contribution < -0.4 is 0 Å². The number of hydrogen-bond acceptors (Lipinski definition) is 2. The second kappa shape index (κ2) is 6.05. The molecule has 4 heteroatoms. The summed E-state index contributed by atoms with van der Waals surface area (Å²) >= 11 is 5.79. The molecule has 1 aromatic rings. The molecule has 1 aromatic carbocycles. The average Bonchev–Trinajstić information content (AvgIpc) is 2.50. The Hall–Kier alpha value is -0.930. The van der Waals surface area contributed by atoms with E-state index in [1.54, 1.807) is 0 Å². The molecule has 1 unspecified atom stereocenters. The lowest BCUT2D eigenvalue weighted by molar-refractivity contribution is -0.111. The molecular weight excluding hydrogens is 291 g/mol. The predicted octanol–water partition coefficient (Wildman–Crippen LogP) is 4.79. The minimum absolute atomic E-state index is 0.0142. The summed E-state index contributed by atoms with van der Waals surface area (Å²) in [5, 5.41) is 0.0142. The number of rotatable bonds is 2. The molecule has 0 radical (unpaired) electrons. The van der Waals surface area contributed by atoms with Gasteiger partial charge in [0.15, 0.2) is 5.78 Å². The maximum absolute atomic E-state index is 13.2. The highest BCUT2D eigenvalue weighted by Gasteiger charge is 2.40. The highest BCUT2D eigenvalue weighted by atomic mass is 35.5. The standard InChI is InChI=1S/C17H20ClFO2/c18-14-10-12(4-5-15(14)19)16(20)13-6-9-21-17(11-13)7-2-1-3-8-17/h4-5,10,13H,1-3,6-9,11H2. The zero-order valence-corrected chi connectivity index (χ0v) is 12.8. The lowest BCUT2D eigenvalue weighted by atomic mass is 9.74. The maximum Gasteiger partial charge on any atom is 0.166 e. The molecule has 114 valence electrons. The first-order chi connectivity index (χ1) is 10.1. The Labute approximate surface area is 129 Å². The molecule has 1 aliphatic heterocycles. The number of ketones is 1. The van der Waals surface area contributed by atoms with Crippen LogP contribution >= 0.6 is 11.6 Å². The molecule has 0 aromatic heterocycles. The van der Waals surface area contributed by atoms with E-state index >= 15 is 0 Å². The van der Waals surface area contributed by atoms with Crippen LogP contribution in [-0.4, -0.2) is 18.0 Å². The number of carbonyl (C=O) groups is 1. The smallest absolute Gasteiger partial charge is 0.166 e. The lowest BCUT2D eigenvalue weighted by Gasteiger charge is -2.43. The third-order valence-corrected chi connectivity index (χ3v) is 5.12. The maximum atomic E-state index is 13.2. The number of ether oxygens (including phenoxy) is 1. The van der Waals surface area contributed by atoms with Crippen molar-refractivity contribution in [3.63, 3.8) is 0 Å². The van der Waals surface area contributed by atoms with Gasteiger partial charge in [0.05, 0.1) is 10.6 Å². The van der Waals surface area contributed by atoms with Gasteiger partial charge >= 0.3 is 0 Å². The van der Waals surface area contributed by atoms with Crippen LogP contribution in [0, 0.1) is 11.7 Å². The summed E-state index contributed by atoms with van der Waals surface area (Å²) in [5.74, 6) is -0.438. The molecule has 1 saturated heterocycles. The van der Waals surface area contributed by atoms with Crippen LogP contribution in [0.15, 0.2) is 18.2 Å². The molecule has 3 rings (SSSR count). The van der Waals surface area contributed by atoms with Crippen LogP contribution in [0.4, 0.5) is 4.39 Å². The van der Waals surface area contributed by atoms with Crippen molar-refractivity contribution in [3.05, 3.63) is 34.6 Å². The van der Waals surface area contributed by atoms with E-state index in [2.05, 4.69) is 0 Å². The predicted molar refractivity (Wildman–Crippen MR) is 80.2 cm³/mol. The summed E-state index contributed by atoms with van der Waals surface area (Å²) in [6.07, 6.45) is 7.28. The molecule has 21 heavy (non-hydrogen) atoms. The van der Waals surface area contributed by atoms with Crippen molar-refractivity contribution >= 4 is 17.4 Å². The lowest BCUT2D eigenvalue weighted by Crippen LogP contribution is -2.43. The first-order valence-electron chi connectivity index (χ1n) is 7.73. The summed E-state index contributed by atoms with van der Waals surface area (Å²) in [4.78, 5) is 12.7. The van der Waals surface area contributed by atoms with E-state index in [0.29, 0.717) is 12.2 Å². The van der Waals surface area contributed by atoms with Gasteiger partial charge in [0.25, 0.3) is 0 Å². The zero-order valence-electron chi connectivity index (χ0n) is 12.0. The number of benzene rings is 1. The van der Waals surface area contributed by atoms with Crippen molar-refractivity contribution in [2.45, 2.75) is 50.5 Å². The van der Waals surface area contributed by atoms with E-state index < -0.39 is 5.82 Å². The van der Waals surface area contributed by atoms with Gasteiger partial charge in [-0.25, -0.2) is 4.39 Å². The normalized spacial score (nSPS) is 25.0. The van der Waals surface area contributed by atoms with Gasteiger partial charge in [0, 0.05) is 18.1 Å². The van der Waals surface area contributed by atoms with Gasteiger partial charge in [-0.2, -0.15) is 0 Å². The fourth-order valence-electron chi connectivity index (χ4n) is 3.68. The van der Waals surface area contributed by atoms with E-state index in [-0.39, 0.29) is 22.3 Å². The van der Waals surface area contributed by atoms with E-state index in [1.807, 2.05) is 0 Å². The van der Waals surface area contributed by atoms with Crippen LogP contribution in [0.5, 0.6) is 0 Å². The van der Waals surface area contributed by atoms with E-state index in [9.17, 15) is 9.18 Å². The van der Waals surface area contributed by atoms with Gasteiger partial charge in [-0.15, -0.1) is 0 Å². The number of Topliss-reactive ketones (excluding diaryl/α,β-unsaturated/α-hetero) is 1. The first-order valence-corrected chi connectivity index (χ1v) is 8.11. The van der Waals surface area contributed by atoms with E-state index in [0.717, 1.165) is 25.7 Å². The van der Waals surface area contributed by atoms with Crippen LogP contribution in [0.25, 0.3) is 0 Å². The van der Waals surface area contributed by atoms with Crippen molar-refractivity contribution < 1.29 is 13.9 Å². The fraction of sp³-hybridized carbons (Fsp3) is 0.588. The van der Waals surface area contributed by atoms with Gasteiger partial charge in [0.1, 0.15) is 5.82 Å². The Balaban J connectivity index is 1.76. The fourth-order valence-corrected chi connectivity index (χ4v) is 3.86. The van der Waals surface area contributed by atoms with Crippen molar-refractivity contribution in [3.8, 4) is 0 Å². The summed E-state index contributed by atoms with van der Waals surface area (Å²) in [6.45, 7) is 0.644. The molecule has 2 nitrogen and oxygen atoms in total. The van der Waals surface area contributed by atoms with Gasteiger partial charge in [-0.05, 0) is 43.9 Å². The van der Waals surface area contributed by atoms with Crippen LogP contribution in [0.3, 0.4) is 0 Å². The molecule has 1 saturated carbocycles. The minimum atomic E-state index is -0.482. The Morgan fingerprint density at radius 3 is 2.76 bits per heavy atom. The summed E-state index contributed by atoms with van der Waals surface area (Å²) in [6, 6.07) is 4.25. The third-order valence-electron chi connectivity index (χ3n) is 4.83. The monoisotopic (exact) mass is 310 g/mol. The molecule has 1 aliphatic carbocycles. The number of carbonyl (C=O) groups excluding carboxylic acids is 1. The van der Waals surface area contributed by atoms with Crippen molar-refractivity contribution in [2.24, 2.45) is 5.92 Å². The molecule has 1 heterocycles. The summed E-state index contributed by atoms with van der Waals surface area (Å²) in [7, 11) is 0. The molecule has 0 N–H and O–H groups in total. The highest BCUT2D eigenvalue weighted by molar-refractivity contribution is 6.31. The van der Waals surface area contributed by atoms with Gasteiger partial charge in [0.2, 0.25) is 0 Å². The Kier molecular flexibility index (Phi) is 4.32. The van der Waals surface area contributed by atoms with Crippen molar-refractivity contribution in [1.29, 1.82) is 0 Å².